The van der Waals surface area contributed by atoms with Crippen LogP contribution < -0.4 is 10.6 Å². The molecule has 0 amide bonds. The van der Waals surface area contributed by atoms with Crippen LogP contribution in [0.1, 0.15) is 38.3 Å². The van der Waals surface area contributed by atoms with Crippen molar-refractivity contribution in [1.29, 1.82) is 0 Å². The Balaban J connectivity index is 1.78. The highest BCUT2D eigenvalue weighted by Gasteiger charge is 2.18. The molecule has 104 valence electrons. The Kier molecular flexibility index (Phi) is 5.19. The number of nitrogens with zero attached hydrogens (tertiary/aromatic N) is 2. The van der Waals surface area contributed by atoms with Crippen molar-refractivity contribution < 1.29 is 0 Å². The highest BCUT2D eigenvalue weighted by molar-refractivity contribution is 5.79. The Morgan fingerprint density at radius 2 is 2.11 bits per heavy atom. The monoisotopic (exact) mass is 260 g/mol. The van der Waals surface area contributed by atoms with E-state index in [9.17, 15) is 0 Å². The van der Waals surface area contributed by atoms with Crippen LogP contribution >= 0.6 is 0 Å². The van der Waals surface area contributed by atoms with Gasteiger partial charge in [0.2, 0.25) is 0 Å². The Labute approximate surface area is 115 Å². The van der Waals surface area contributed by atoms with Gasteiger partial charge in [-0.05, 0) is 43.7 Å². The van der Waals surface area contributed by atoms with Crippen molar-refractivity contribution in [3.05, 3.63) is 30.1 Å². The third kappa shape index (κ3) is 4.54. The van der Waals surface area contributed by atoms with Crippen LogP contribution in [0.3, 0.4) is 0 Å². The molecule has 0 aromatic carbocycles. The molecule has 1 fully saturated rings. The second-order valence-corrected chi connectivity index (χ2v) is 5.35. The second kappa shape index (κ2) is 7.12. The van der Waals surface area contributed by atoms with Crippen LogP contribution in [0.15, 0.2) is 29.4 Å². The quantitative estimate of drug-likeness (QED) is 0.648. The number of aromatic nitrogens is 1. The predicted octanol–water partition coefficient (Wildman–Crippen LogP) is 2.33. The Hall–Kier alpha value is -1.58. The van der Waals surface area contributed by atoms with Gasteiger partial charge in [-0.1, -0.05) is 13.0 Å². The van der Waals surface area contributed by atoms with E-state index in [1.54, 1.807) is 0 Å². The number of guanidine groups is 1. The smallest absolute Gasteiger partial charge is 0.191 e. The van der Waals surface area contributed by atoms with Crippen molar-refractivity contribution in [2.45, 2.75) is 45.2 Å². The molecule has 1 aromatic heterocycles. The molecule has 0 bridgehead atoms. The van der Waals surface area contributed by atoms with Gasteiger partial charge in [0.1, 0.15) is 0 Å². The molecule has 4 heteroatoms. The molecular formula is C15H24N4. The van der Waals surface area contributed by atoms with Crippen molar-refractivity contribution in [2.24, 2.45) is 10.9 Å². The maximum atomic E-state index is 4.30. The lowest BCUT2D eigenvalue weighted by Gasteiger charge is -2.28. The number of pyridine rings is 1. The van der Waals surface area contributed by atoms with Gasteiger partial charge in [-0.3, -0.25) is 9.98 Å². The van der Waals surface area contributed by atoms with E-state index in [1.165, 1.54) is 25.7 Å². The zero-order valence-electron chi connectivity index (χ0n) is 11.9. The van der Waals surface area contributed by atoms with E-state index in [0.29, 0.717) is 12.6 Å². The molecule has 0 unspecified atom stereocenters. The zero-order chi connectivity index (χ0) is 13.5. The lowest BCUT2D eigenvalue weighted by molar-refractivity contribution is 0.329. The number of nitrogens with one attached hydrogen (secondary N) is 2. The highest BCUT2D eigenvalue weighted by atomic mass is 15.2. The van der Waals surface area contributed by atoms with Crippen molar-refractivity contribution in [2.75, 3.05) is 7.05 Å². The zero-order valence-corrected chi connectivity index (χ0v) is 11.9. The van der Waals surface area contributed by atoms with Crippen LogP contribution in [0.5, 0.6) is 0 Å². The van der Waals surface area contributed by atoms with E-state index in [4.69, 9.17) is 0 Å². The normalized spacial score (nSPS) is 24.0. The topological polar surface area (TPSA) is 49.3 Å². The molecule has 1 aliphatic carbocycles. The summed E-state index contributed by atoms with van der Waals surface area (Å²) in [5.74, 6) is 1.76. The molecule has 0 saturated heterocycles. The molecule has 1 aromatic rings. The van der Waals surface area contributed by atoms with Crippen LogP contribution in [0.4, 0.5) is 0 Å². The minimum Gasteiger partial charge on any atom is -0.354 e. The summed E-state index contributed by atoms with van der Waals surface area (Å²) in [5, 5.41) is 6.83. The molecule has 4 nitrogen and oxygen atoms in total. The average Bonchev–Trinajstić information content (AvgIpc) is 2.46. The van der Waals surface area contributed by atoms with Crippen molar-refractivity contribution >= 4 is 5.96 Å². The Morgan fingerprint density at radius 1 is 1.32 bits per heavy atom. The molecular weight excluding hydrogens is 236 g/mol. The Bertz CT molecular complexity index is 394. The molecule has 0 spiro atoms. The average molecular weight is 260 g/mol. The van der Waals surface area contributed by atoms with Crippen molar-refractivity contribution in [3.8, 4) is 0 Å². The third-order valence-corrected chi connectivity index (χ3v) is 3.74. The summed E-state index contributed by atoms with van der Waals surface area (Å²) in [7, 11) is 1.82. The number of rotatable bonds is 3. The van der Waals surface area contributed by atoms with Crippen molar-refractivity contribution in [1.82, 2.24) is 15.6 Å². The van der Waals surface area contributed by atoms with Crippen LogP contribution in [0.2, 0.25) is 0 Å². The van der Waals surface area contributed by atoms with Gasteiger partial charge in [0.05, 0.1) is 12.2 Å². The predicted molar refractivity (Wildman–Crippen MR) is 79.0 cm³/mol. The molecule has 0 radical (unpaired) electrons. The van der Waals surface area contributed by atoms with E-state index in [-0.39, 0.29) is 0 Å². The molecule has 0 atom stereocenters. The second-order valence-electron chi connectivity index (χ2n) is 5.35. The minimum absolute atomic E-state index is 0.561. The van der Waals surface area contributed by atoms with Crippen LogP contribution in [-0.4, -0.2) is 24.0 Å². The first-order valence-electron chi connectivity index (χ1n) is 7.15. The van der Waals surface area contributed by atoms with E-state index < -0.39 is 0 Å². The van der Waals surface area contributed by atoms with Gasteiger partial charge in [-0.2, -0.15) is 0 Å². The van der Waals surface area contributed by atoms with Gasteiger partial charge in [0, 0.05) is 19.3 Å². The molecule has 19 heavy (non-hydrogen) atoms. The van der Waals surface area contributed by atoms with Gasteiger partial charge in [0.25, 0.3) is 0 Å². The van der Waals surface area contributed by atoms with Gasteiger partial charge in [0.15, 0.2) is 5.96 Å². The molecule has 1 aliphatic rings. The van der Waals surface area contributed by atoms with Crippen molar-refractivity contribution in [3.63, 3.8) is 0 Å². The van der Waals surface area contributed by atoms with Gasteiger partial charge >= 0.3 is 0 Å². The fourth-order valence-corrected chi connectivity index (χ4v) is 2.47. The van der Waals surface area contributed by atoms with Gasteiger partial charge in [-0.15, -0.1) is 0 Å². The number of hydrogen-bond acceptors (Lipinski definition) is 2. The van der Waals surface area contributed by atoms with Crippen LogP contribution in [-0.2, 0) is 6.54 Å². The molecule has 2 N–H and O–H groups in total. The first kappa shape index (κ1) is 13.8. The summed E-state index contributed by atoms with van der Waals surface area (Å²) >= 11 is 0. The van der Waals surface area contributed by atoms with Crippen LogP contribution in [0, 0.1) is 5.92 Å². The minimum atomic E-state index is 0.561. The summed E-state index contributed by atoms with van der Waals surface area (Å²) < 4.78 is 0. The fraction of sp³-hybridized carbons (Fsp3) is 0.600. The summed E-state index contributed by atoms with van der Waals surface area (Å²) in [6.07, 6.45) is 6.93. The standard InChI is InChI=1S/C15H24N4/c1-12-6-8-13(9-7-12)19-15(16-2)18-11-14-5-3-4-10-17-14/h3-5,10,12-13H,6-9,11H2,1-2H3,(H2,16,18,19). The Morgan fingerprint density at radius 3 is 2.74 bits per heavy atom. The highest BCUT2D eigenvalue weighted by Crippen LogP contribution is 2.23. The summed E-state index contributed by atoms with van der Waals surface area (Å²) in [6, 6.07) is 6.51. The molecule has 0 aliphatic heterocycles. The van der Waals surface area contributed by atoms with E-state index in [1.807, 2.05) is 31.4 Å². The summed E-state index contributed by atoms with van der Waals surface area (Å²) in [5.41, 5.74) is 1.03. The van der Waals surface area contributed by atoms with Gasteiger partial charge < -0.3 is 10.6 Å². The molecule has 2 rings (SSSR count). The SMILES string of the molecule is CN=C(NCc1ccccn1)NC1CCC(C)CC1. The number of hydrogen-bond donors (Lipinski definition) is 2. The van der Waals surface area contributed by atoms with Gasteiger partial charge in [-0.25, -0.2) is 0 Å². The summed E-state index contributed by atoms with van der Waals surface area (Å²) in [6.45, 7) is 3.05. The lowest BCUT2D eigenvalue weighted by Crippen LogP contribution is -2.44. The van der Waals surface area contributed by atoms with Crippen LogP contribution in [0.25, 0.3) is 0 Å². The largest absolute Gasteiger partial charge is 0.354 e. The van der Waals surface area contributed by atoms with E-state index >= 15 is 0 Å². The first-order valence-corrected chi connectivity index (χ1v) is 7.15. The maximum Gasteiger partial charge on any atom is 0.191 e. The lowest BCUT2D eigenvalue weighted by atomic mass is 9.87. The van der Waals surface area contributed by atoms with E-state index in [0.717, 1.165) is 17.6 Å². The third-order valence-electron chi connectivity index (χ3n) is 3.74. The molecule has 1 saturated carbocycles. The maximum absolute atomic E-state index is 4.30. The van der Waals surface area contributed by atoms with E-state index in [2.05, 4.69) is 27.5 Å². The molecule has 1 heterocycles. The first-order chi connectivity index (χ1) is 9.28. The summed E-state index contributed by atoms with van der Waals surface area (Å²) in [4.78, 5) is 8.58. The fourth-order valence-electron chi connectivity index (χ4n) is 2.47. The number of aliphatic imine (C=N–C) groups is 1.